The van der Waals surface area contributed by atoms with Gasteiger partial charge in [0.05, 0.1) is 0 Å². The highest BCUT2D eigenvalue weighted by Gasteiger charge is 2.18. The molecule has 0 heterocycles. The second-order valence-corrected chi connectivity index (χ2v) is 6.55. The van der Waals surface area contributed by atoms with Crippen LogP contribution in [-0.4, -0.2) is 0 Å². The van der Waals surface area contributed by atoms with Gasteiger partial charge in [0.15, 0.2) is 0 Å². The molecular formula is C21H27. The van der Waals surface area contributed by atoms with E-state index in [0.717, 1.165) is 12.3 Å². The highest BCUT2D eigenvalue weighted by atomic mass is 14.2. The molecular weight excluding hydrogens is 252 g/mol. The van der Waals surface area contributed by atoms with Crippen molar-refractivity contribution in [3.63, 3.8) is 0 Å². The molecule has 0 amide bonds. The van der Waals surface area contributed by atoms with Crippen LogP contribution in [0.1, 0.15) is 68.4 Å². The lowest BCUT2D eigenvalue weighted by molar-refractivity contribution is 0.684. The van der Waals surface area contributed by atoms with Crippen molar-refractivity contribution in [3.8, 4) is 0 Å². The van der Waals surface area contributed by atoms with Crippen molar-refractivity contribution in [2.24, 2.45) is 0 Å². The number of benzene rings is 2. The first kappa shape index (κ1) is 14.6. The topological polar surface area (TPSA) is 0 Å². The van der Waals surface area contributed by atoms with Crippen LogP contribution in [0.3, 0.4) is 0 Å². The Balaban J connectivity index is 1.87. The number of unbranched alkanes of at least 4 members (excludes halogenated alkanes) is 3. The largest absolute Gasteiger partial charge is 0.0616 e. The minimum Gasteiger partial charge on any atom is -0.0616 e. The zero-order valence-corrected chi connectivity index (χ0v) is 13.1. The van der Waals surface area contributed by atoms with E-state index in [-0.39, 0.29) is 0 Å². The van der Waals surface area contributed by atoms with Crippen molar-refractivity contribution >= 4 is 10.8 Å². The lowest BCUT2D eigenvalue weighted by atomic mass is 9.90. The molecule has 0 unspecified atom stereocenters. The van der Waals surface area contributed by atoms with Gasteiger partial charge in [0, 0.05) is 0 Å². The number of aryl methyl sites for hydroxylation is 1. The van der Waals surface area contributed by atoms with Crippen LogP contribution in [-0.2, 0) is 6.42 Å². The number of fused-ring (bicyclic) bond motifs is 1. The van der Waals surface area contributed by atoms with Crippen LogP contribution >= 0.6 is 0 Å². The molecule has 0 atom stereocenters. The van der Waals surface area contributed by atoms with Crippen molar-refractivity contribution in [1.29, 1.82) is 0 Å². The monoisotopic (exact) mass is 279 g/mol. The third-order valence-corrected chi connectivity index (χ3v) is 4.99. The number of hydrogen-bond acceptors (Lipinski definition) is 0. The van der Waals surface area contributed by atoms with Gasteiger partial charge in [0.25, 0.3) is 0 Å². The lowest BCUT2D eigenvalue weighted by Gasteiger charge is -2.15. The first-order valence-corrected chi connectivity index (χ1v) is 8.69. The summed E-state index contributed by atoms with van der Waals surface area (Å²) in [5.41, 5.74) is 3.16. The Labute approximate surface area is 129 Å². The van der Waals surface area contributed by atoms with Crippen molar-refractivity contribution in [2.75, 3.05) is 0 Å². The van der Waals surface area contributed by atoms with Crippen LogP contribution in [0.5, 0.6) is 0 Å². The molecule has 3 rings (SSSR count). The van der Waals surface area contributed by atoms with E-state index in [1.807, 2.05) is 0 Å². The molecule has 1 aliphatic rings. The SMILES string of the molecule is [CH2]CCCCCc1cc(C2CCCC2)cc2ccccc12. The average Bonchev–Trinajstić information content (AvgIpc) is 3.05. The Morgan fingerprint density at radius 1 is 0.952 bits per heavy atom. The Bertz CT molecular complexity index is 576. The van der Waals surface area contributed by atoms with E-state index in [2.05, 4.69) is 43.3 Å². The molecule has 0 saturated heterocycles. The Morgan fingerprint density at radius 2 is 1.76 bits per heavy atom. The third-order valence-electron chi connectivity index (χ3n) is 4.99. The molecule has 1 radical (unpaired) electrons. The molecule has 0 nitrogen and oxygen atoms in total. The van der Waals surface area contributed by atoms with Gasteiger partial charge in [-0.05, 0) is 53.5 Å². The molecule has 0 aromatic heterocycles. The first-order chi connectivity index (χ1) is 10.4. The van der Waals surface area contributed by atoms with E-state index in [4.69, 9.17) is 0 Å². The van der Waals surface area contributed by atoms with Crippen molar-refractivity contribution in [2.45, 2.75) is 63.7 Å². The van der Waals surface area contributed by atoms with Gasteiger partial charge in [0.1, 0.15) is 0 Å². The molecule has 111 valence electrons. The zero-order chi connectivity index (χ0) is 14.5. The van der Waals surface area contributed by atoms with Crippen LogP contribution in [0.15, 0.2) is 36.4 Å². The van der Waals surface area contributed by atoms with Gasteiger partial charge in [-0.3, -0.25) is 0 Å². The Morgan fingerprint density at radius 3 is 2.57 bits per heavy atom. The number of hydrogen-bond donors (Lipinski definition) is 0. The summed E-state index contributed by atoms with van der Waals surface area (Å²) in [4.78, 5) is 0. The fraction of sp³-hybridized carbons (Fsp3) is 0.476. The Kier molecular flexibility index (Phi) is 4.95. The summed E-state index contributed by atoms with van der Waals surface area (Å²) in [5.74, 6) is 0.813. The summed E-state index contributed by atoms with van der Waals surface area (Å²) >= 11 is 0. The standard InChI is InChI=1S/C21H27/c1-2-3-4-5-12-18-15-20(17-10-6-7-11-17)16-19-13-8-9-14-21(18)19/h8-9,13-17H,1-7,10-12H2. The van der Waals surface area contributed by atoms with Crippen molar-refractivity contribution in [3.05, 3.63) is 54.4 Å². The van der Waals surface area contributed by atoms with Gasteiger partial charge >= 0.3 is 0 Å². The summed E-state index contributed by atoms with van der Waals surface area (Å²) in [5, 5.41) is 2.91. The molecule has 21 heavy (non-hydrogen) atoms. The maximum Gasteiger partial charge on any atom is -0.0152 e. The maximum absolute atomic E-state index is 3.95. The van der Waals surface area contributed by atoms with Crippen LogP contribution in [0.25, 0.3) is 10.8 Å². The van der Waals surface area contributed by atoms with Gasteiger partial charge in [-0.1, -0.05) is 75.4 Å². The van der Waals surface area contributed by atoms with Gasteiger partial charge in [-0.15, -0.1) is 0 Å². The second kappa shape index (κ2) is 7.11. The summed E-state index contributed by atoms with van der Waals surface area (Å²) < 4.78 is 0. The van der Waals surface area contributed by atoms with Gasteiger partial charge < -0.3 is 0 Å². The highest BCUT2D eigenvalue weighted by Crippen LogP contribution is 2.36. The molecule has 2 aromatic carbocycles. The summed E-state index contributed by atoms with van der Waals surface area (Å²) in [6.45, 7) is 3.95. The molecule has 2 aromatic rings. The lowest BCUT2D eigenvalue weighted by Crippen LogP contribution is -1.96. The Hall–Kier alpha value is -1.30. The zero-order valence-electron chi connectivity index (χ0n) is 13.1. The van der Waals surface area contributed by atoms with Crippen LogP contribution < -0.4 is 0 Å². The third kappa shape index (κ3) is 3.48. The summed E-state index contributed by atoms with van der Waals surface area (Å²) in [6.07, 6.45) is 11.8. The van der Waals surface area contributed by atoms with E-state index in [1.165, 1.54) is 62.1 Å². The van der Waals surface area contributed by atoms with E-state index < -0.39 is 0 Å². The van der Waals surface area contributed by atoms with Gasteiger partial charge in [-0.25, -0.2) is 0 Å². The molecule has 0 aliphatic heterocycles. The van der Waals surface area contributed by atoms with E-state index in [9.17, 15) is 0 Å². The highest BCUT2D eigenvalue weighted by molar-refractivity contribution is 5.86. The minimum atomic E-state index is 0.813. The molecule has 0 bridgehead atoms. The summed E-state index contributed by atoms with van der Waals surface area (Å²) in [7, 11) is 0. The molecule has 0 N–H and O–H groups in total. The van der Waals surface area contributed by atoms with Crippen molar-refractivity contribution in [1.82, 2.24) is 0 Å². The van der Waals surface area contributed by atoms with E-state index >= 15 is 0 Å². The first-order valence-electron chi connectivity index (χ1n) is 8.69. The fourth-order valence-electron chi connectivity index (χ4n) is 3.79. The van der Waals surface area contributed by atoms with Gasteiger partial charge in [-0.2, -0.15) is 0 Å². The smallest absolute Gasteiger partial charge is 0.0152 e. The average molecular weight is 279 g/mol. The minimum absolute atomic E-state index is 0.813. The van der Waals surface area contributed by atoms with Crippen molar-refractivity contribution < 1.29 is 0 Å². The van der Waals surface area contributed by atoms with Crippen LogP contribution in [0.4, 0.5) is 0 Å². The predicted molar refractivity (Wildman–Crippen MR) is 92.7 cm³/mol. The normalized spacial score (nSPS) is 15.9. The second-order valence-electron chi connectivity index (χ2n) is 6.55. The summed E-state index contributed by atoms with van der Waals surface area (Å²) in [6, 6.07) is 13.9. The maximum atomic E-state index is 3.95. The van der Waals surface area contributed by atoms with E-state index in [0.29, 0.717) is 0 Å². The predicted octanol–water partition coefficient (Wildman–Crippen LogP) is 6.43. The van der Waals surface area contributed by atoms with Gasteiger partial charge in [0.2, 0.25) is 0 Å². The van der Waals surface area contributed by atoms with Crippen LogP contribution in [0, 0.1) is 6.92 Å². The molecule has 1 aliphatic carbocycles. The molecule has 1 saturated carbocycles. The molecule has 0 heteroatoms. The molecule has 0 spiro atoms. The van der Waals surface area contributed by atoms with Crippen LogP contribution in [0.2, 0.25) is 0 Å². The fourth-order valence-corrected chi connectivity index (χ4v) is 3.79. The van der Waals surface area contributed by atoms with E-state index in [1.54, 1.807) is 11.1 Å². The molecule has 1 fully saturated rings. The number of rotatable bonds is 6. The quantitative estimate of drug-likeness (QED) is 0.534.